The zero-order chi connectivity index (χ0) is 13.1. The Morgan fingerprint density at radius 2 is 2.39 bits per heavy atom. The SMILES string of the molecule is Nc1nc2c(c(=O)[nH]1)NCN2CSC(O)CCO. The number of rotatable bonds is 5. The fourth-order valence-electron chi connectivity index (χ4n) is 1.59. The molecule has 0 aromatic carbocycles. The fourth-order valence-corrected chi connectivity index (χ4v) is 2.43. The van der Waals surface area contributed by atoms with Crippen molar-refractivity contribution < 1.29 is 10.2 Å². The number of aliphatic hydroxyl groups is 2. The van der Waals surface area contributed by atoms with Crippen molar-refractivity contribution in [1.82, 2.24) is 9.97 Å². The number of aromatic amines is 1. The first-order valence-electron chi connectivity index (χ1n) is 5.41. The minimum atomic E-state index is -0.640. The largest absolute Gasteiger partial charge is 0.396 e. The molecule has 0 saturated heterocycles. The van der Waals surface area contributed by atoms with Gasteiger partial charge in [-0.05, 0) is 0 Å². The molecular formula is C9H15N5O3S. The second-order valence-electron chi connectivity index (χ2n) is 3.79. The van der Waals surface area contributed by atoms with Gasteiger partial charge in [-0.1, -0.05) is 0 Å². The summed E-state index contributed by atoms with van der Waals surface area (Å²) >= 11 is 1.26. The molecule has 0 bridgehead atoms. The molecule has 0 aliphatic carbocycles. The zero-order valence-electron chi connectivity index (χ0n) is 9.59. The Balaban J connectivity index is 2.05. The van der Waals surface area contributed by atoms with Crippen molar-refractivity contribution in [2.75, 3.05) is 35.1 Å². The Morgan fingerprint density at radius 1 is 1.61 bits per heavy atom. The summed E-state index contributed by atoms with van der Waals surface area (Å²) in [5, 5.41) is 21.1. The quantitative estimate of drug-likeness (QED) is 0.429. The van der Waals surface area contributed by atoms with Crippen molar-refractivity contribution in [1.29, 1.82) is 0 Å². The summed E-state index contributed by atoms with van der Waals surface area (Å²) in [5.41, 5.74) is 4.93. The second kappa shape index (κ2) is 5.46. The number of nitrogens with one attached hydrogen (secondary N) is 2. The number of aliphatic hydroxyl groups excluding tert-OH is 2. The van der Waals surface area contributed by atoms with Crippen LogP contribution in [0.3, 0.4) is 0 Å². The maximum atomic E-state index is 11.6. The average Bonchev–Trinajstić information content (AvgIpc) is 2.70. The van der Waals surface area contributed by atoms with Crippen LogP contribution in [0.15, 0.2) is 4.79 Å². The number of hydrogen-bond acceptors (Lipinski definition) is 8. The highest BCUT2D eigenvalue weighted by molar-refractivity contribution is 7.99. The standard InChI is InChI=1S/C9H15N5O3S/c10-9-12-7-6(8(17)13-9)11-3-14(7)4-18-5(16)1-2-15/h5,11,15-16H,1-4H2,(H3,10,12,13,17). The summed E-state index contributed by atoms with van der Waals surface area (Å²) in [4.78, 5) is 19.8. The number of nitrogens with zero attached hydrogens (tertiary/aromatic N) is 2. The summed E-state index contributed by atoms with van der Waals surface area (Å²) in [7, 11) is 0. The van der Waals surface area contributed by atoms with Gasteiger partial charge in [-0.2, -0.15) is 4.98 Å². The lowest BCUT2D eigenvalue weighted by Gasteiger charge is -2.18. The van der Waals surface area contributed by atoms with Crippen LogP contribution in [0.25, 0.3) is 0 Å². The van der Waals surface area contributed by atoms with Gasteiger partial charge in [0.05, 0.1) is 12.5 Å². The Labute approximate surface area is 107 Å². The fraction of sp³-hybridized carbons (Fsp3) is 0.556. The van der Waals surface area contributed by atoms with E-state index in [0.717, 1.165) is 0 Å². The highest BCUT2D eigenvalue weighted by Crippen LogP contribution is 2.27. The molecule has 0 saturated carbocycles. The minimum Gasteiger partial charge on any atom is -0.396 e. The molecule has 6 N–H and O–H groups in total. The van der Waals surface area contributed by atoms with Crippen molar-refractivity contribution in [3.05, 3.63) is 10.4 Å². The van der Waals surface area contributed by atoms with Gasteiger partial charge in [-0.25, -0.2) is 0 Å². The van der Waals surface area contributed by atoms with E-state index in [1.54, 1.807) is 4.90 Å². The molecule has 0 spiro atoms. The molecule has 0 fully saturated rings. The predicted octanol–water partition coefficient (Wildman–Crippen LogP) is -1.07. The molecule has 1 aromatic rings. The van der Waals surface area contributed by atoms with E-state index in [4.69, 9.17) is 10.8 Å². The van der Waals surface area contributed by atoms with E-state index in [0.29, 0.717) is 30.5 Å². The topological polar surface area (TPSA) is 128 Å². The van der Waals surface area contributed by atoms with E-state index in [-0.39, 0.29) is 18.1 Å². The number of nitrogens with two attached hydrogens (primary N) is 1. The van der Waals surface area contributed by atoms with Crippen molar-refractivity contribution in [3.8, 4) is 0 Å². The third-order valence-electron chi connectivity index (χ3n) is 2.46. The van der Waals surface area contributed by atoms with E-state index in [9.17, 15) is 9.90 Å². The second-order valence-corrected chi connectivity index (χ2v) is 4.92. The van der Waals surface area contributed by atoms with Gasteiger partial charge in [-0.15, -0.1) is 11.8 Å². The molecule has 1 aromatic heterocycles. The van der Waals surface area contributed by atoms with Crippen LogP contribution in [-0.2, 0) is 0 Å². The van der Waals surface area contributed by atoms with E-state index in [1.165, 1.54) is 11.8 Å². The van der Waals surface area contributed by atoms with Crippen molar-refractivity contribution in [3.63, 3.8) is 0 Å². The number of nitrogen functional groups attached to an aromatic ring is 1. The lowest BCUT2D eigenvalue weighted by molar-refractivity contribution is 0.198. The van der Waals surface area contributed by atoms with Crippen LogP contribution in [0.4, 0.5) is 17.5 Å². The van der Waals surface area contributed by atoms with Gasteiger partial charge in [0.15, 0.2) is 5.82 Å². The summed E-state index contributed by atoms with van der Waals surface area (Å²) in [6.07, 6.45) is 0.309. The highest BCUT2D eigenvalue weighted by Gasteiger charge is 2.24. The van der Waals surface area contributed by atoms with Gasteiger partial charge < -0.3 is 26.2 Å². The molecule has 2 heterocycles. The first-order valence-corrected chi connectivity index (χ1v) is 6.46. The van der Waals surface area contributed by atoms with Gasteiger partial charge in [0.1, 0.15) is 11.1 Å². The highest BCUT2D eigenvalue weighted by atomic mass is 32.2. The molecule has 1 aliphatic heterocycles. The van der Waals surface area contributed by atoms with Gasteiger partial charge in [-0.3, -0.25) is 9.78 Å². The Bertz CT molecular complexity index is 480. The molecule has 18 heavy (non-hydrogen) atoms. The molecule has 9 heteroatoms. The number of thioether (sulfide) groups is 1. The summed E-state index contributed by atoms with van der Waals surface area (Å²) in [5.74, 6) is 1.00. The van der Waals surface area contributed by atoms with Gasteiger partial charge >= 0.3 is 0 Å². The summed E-state index contributed by atoms with van der Waals surface area (Å²) < 4.78 is 0. The molecule has 1 atom stereocenters. The van der Waals surface area contributed by atoms with E-state index >= 15 is 0 Å². The van der Waals surface area contributed by atoms with Crippen molar-refractivity contribution in [2.24, 2.45) is 0 Å². The first kappa shape index (κ1) is 13.0. The molecular weight excluding hydrogens is 258 g/mol. The summed E-state index contributed by atoms with van der Waals surface area (Å²) in [6.45, 7) is 0.377. The number of fused-ring (bicyclic) bond motifs is 1. The van der Waals surface area contributed by atoms with Crippen LogP contribution in [0.5, 0.6) is 0 Å². The molecule has 8 nitrogen and oxygen atoms in total. The van der Waals surface area contributed by atoms with E-state index < -0.39 is 5.44 Å². The van der Waals surface area contributed by atoms with Crippen LogP contribution in [-0.4, -0.2) is 44.8 Å². The lowest BCUT2D eigenvalue weighted by atomic mass is 10.5. The van der Waals surface area contributed by atoms with Crippen molar-refractivity contribution >= 4 is 29.2 Å². The van der Waals surface area contributed by atoms with Crippen LogP contribution < -0.4 is 21.5 Å². The minimum absolute atomic E-state index is 0.0616. The number of H-pyrrole nitrogens is 1. The molecule has 0 amide bonds. The Hall–Kier alpha value is -1.45. The van der Waals surface area contributed by atoms with Crippen LogP contribution in [0.2, 0.25) is 0 Å². The predicted molar refractivity (Wildman–Crippen MR) is 70.4 cm³/mol. The maximum Gasteiger partial charge on any atom is 0.277 e. The van der Waals surface area contributed by atoms with Crippen LogP contribution in [0, 0.1) is 0 Å². The van der Waals surface area contributed by atoms with E-state index in [2.05, 4.69) is 15.3 Å². The number of aromatic nitrogens is 2. The molecule has 1 unspecified atom stereocenters. The average molecular weight is 273 g/mol. The van der Waals surface area contributed by atoms with Gasteiger partial charge in [0.25, 0.3) is 5.56 Å². The number of hydrogen-bond donors (Lipinski definition) is 5. The zero-order valence-corrected chi connectivity index (χ0v) is 10.4. The van der Waals surface area contributed by atoms with Gasteiger partial charge in [0, 0.05) is 13.0 Å². The lowest BCUT2D eigenvalue weighted by Crippen LogP contribution is -2.24. The molecule has 1 aliphatic rings. The van der Waals surface area contributed by atoms with E-state index in [1.807, 2.05) is 0 Å². The Kier molecular flexibility index (Phi) is 3.94. The molecule has 0 radical (unpaired) electrons. The van der Waals surface area contributed by atoms with Crippen LogP contribution >= 0.6 is 11.8 Å². The normalized spacial score (nSPS) is 15.3. The third kappa shape index (κ3) is 2.68. The summed E-state index contributed by atoms with van der Waals surface area (Å²) in [6, 6.07) is 0. The molecule has 2 rings (SSSR count). The van der Waals surface area contributed by atoms with Gasteiger partial charge in [0.2, 0.25) is 5.95 Å². The molecule has 100 valence electrons. The maximum absolute atomic E-state index is 11.6. The monoisotopic (exact) mass is 273 g/mol. The van der Waals surface area contributed by atoms with Crippen molar-refractivity contribution in [2.45, 2.75) is 11.9 Å². The first-order chi connectivity index (χ1) is 8.61. The Morgan fingerprint density at radius 3 is 3.11 bits per heavy atom. The number of anilines is 3. The smallest absolute Gasteiger partial charge is 0.277 e. The van der Waals surface area contributed by atoms with Crippen LogP contribution in [0.1, 0.15) is 6.42 Å². The third-order valence-corrected chi connectivity index (χ3v) is 3.54.